The maximum absolute atomic E-state index is 13.8. The van der Waals surface area contributed by atoms with Crippen LogP contribution in [-0.2, 0) is 6.61 Å². The van der Waals surface area contributed by atoms with Crippen molar-refractivity contribution in [1.29, 1.82) is 0 Å². The molecule has 0 aliphatic carbocycles. The van der Waals surface area contributed by atoms with Gasteiger partial charge in [-0.1, -0.05) is 17.7 Å². The van der Waals surface area contributed by atoms with Gasteiger partial charge >= 0.3 is 5.69 Å². The van der Waals surface area contributed by atoms with Crippen molar-refractivity contribution < 1.29 is 23.5 Å². The number of ether oxygens (including phenoxy) is 1. The molecule has 5 nitrogen and oxygen atoms in total. The highest BCUT2D eigenvalue weighted by Gasteiger charge is 2.22. The first-order valence-corrected chi connectivity index (χ1v) is 6.01. The summed E-state index contributed by atoms with van der Waals surface area (Å²) in [5, 5.41) is 19.6. The zero-order valence-electron chi connectivity index (χ0n) is 10.3. The number of rotatable bonds is 4. The van der Waals surface area contributed by atoms with E-state index in [9.17, 15) is 18.9 Å². The summed E-state index contributed by atoms with van der Waals surface area (Å²) in [5.74, 6) is -3.50. The standard InChI is InChI=1S/C13H8ClF2NO4/c14-8-2-1-3-11(17(19)20)12(8)21-13-9(15)4-7(6-18)5-10(13)16/h1-5,18H,6H2. The highest BCUT2D eigenvalue weighted by Crippen LogP contribution is 2.39. The van der Waals surface area contributed by atoms with Crippen molar-refractivity contribution in [2.75, 3.05) is 0 Å². The number of nitro benzene ring substituents is 1. The Kier molecular flexibility index (Phi) is 4.35. The van der Waals surface area contributed by atoms with E-state index in [1.165, 1.54) is 12.1 Å². The first kappa shape index (κ1) is 15.1. The lowest BCUT2D eigenvalue weighted by molar-refractivity contribution is -0.385. The zero-order valence-corrected chi connectivity index (χ0v) is 11.1. The molecule has 0 radical (unpaired) electrons. The Bertz CT molecular complexity index is 686. The second-order valence-electron chi connectivity index (χ2n) is 3.99. The Balaban J connectivity index is 2.51. The Morgan fingerprint density at radius 3 is 2.38 bits per heavy atom. The van der Waals surface area contributed by atoms with Crippen LogP contribution in [0.25, 0.3) is 0 Å². The first-order chi connectivity index (χ1) is 9.93. The summed E-state index contributed by atoms with van der Waals surface area (Å²) in [4.78, 5) is 10.1. The number of nitrogens with zero attached hydrogens (tertiary/aromatic N) is 1. The van der Waals surface area contributed by atoms with Gasteiger partial charge in [-0.15, -0.1) is 0 Å². The predicted molar refractivity (Wildman–Crippen MR) is 70.5 cm³/mol. The Morgan fingerprint density at radius 1 is 1.24 bits per heavy atom. The van der Waals surface area contributed by atoms with Gasteiger partial charge < -0.3 is 9.84 Å². The number of nitro groups is 1. The van der Waals surface area contributed by atoms with Gasteiger partial charge in [0.15, 0.2) is 17.4 Å². The maximum atomic E-state index is 13.8. The molecule has 0 spiro atoms. The van der Waals surface area contributed by atoms with Crippen molar-refractivity contribution in [3.05, 3.63) is 62.7 Å². The fourth-order valence-corrected chi connectivity index (χ4v) is 1.85. The van der Waals surface area contributed by atoms with Crippen molar-refractivity contribution in [1.82, 2.24) is 0 Å². The summed E-state index contributed by atoms with van der Waals surface area (Å²) in [5.41, 5.74) is -0.515. The second kappa shape index (κ2) is 6.02. The molecule has 2 rings (SSSR count). The van der Waals surface area contributed by atoms with Crippen molar-refractivity contribution >= 4 is 17.3 Å². The third kappa shape index (κ3) is 3.09. The molecule has 0 saturated carbocycles. The molecule has 0 unspecified atom stereocenters. The number of hydrogen-bond donors (Lipinski definition) is 1. The molecule has 2 aromatic carbocycles. The van der Waals surface area contributed by atoms with Crippen LogP contribution in [0.1, 0.15) is 5.56 Å². The number of para-hydroxylation sites is 1. The molecule has 0 amide bonds. The minimum absolute atomic E-state index is 0.00556. The molecule has 0 aliphatic heterocycles. The Hall–Kier alpha value is -2.25. The van der Waals surface area contributed by atoms with Gasteiger partial charge in [0.05, 0.1) is 16.6 Å². The van der Waals surface area contributed by atoms with E-state index in [2.05, 4.69) is 0 Å². The quantitative estimate of drug-likeness (QED) is 0.688. The number of aliphatic hydroxyl groups excluding tert-OH is 1. The molecule has 110 valence electrons. The molecule has 1 N–H and O–H groups in total. The van der Waals surface area contributed by atoms with Crippen LogP contribution < -0.4 is 4.74 Å². The normalized spacial score (nSPS) is 10.5. The number of halogens is 3. The average molecular weight is 316 g/mol. The van der Waals surface area contributed by atoms with Crippen molar-refractivity contribution in [3.63, 3.8) is 0 Å². The van der Waals surface area contributed by atoms with E-state index in [0.717, 1.165) is 18.2 Å². The molecule has 0 heterocycles. The summed E-state index contributed by atoms with van der Waals surface area (Å²) in [6.45, 7) is -0.555. The van der Waals surface area contributed by atoms with Gasteiger partial charge in [0.25, 0.3) is 0 Å². The van der Waals surface area contributed by atoms with E-state index in [4.69, 9.17) is 21.4 Å². The molecule has 0 aliphatic rings. The molecule has 21 heavy (non-hydrogen) atoms. The molecule has 0 atom stereocenters. The molecule has 0 bridgehead atoms. The molecular weight excluding hydrogens is 308 g/mol. The van der Waals surface area contributed by atoms with Gasteiger partial charge in [-0.3, -0.25) is 10.1 Å². The van der Waals surface area contributed by atoms with Crippen LogP contribution >= 0.6 is 11.6 Å². The summed E-state index contributed by atoms with van der Waals surface area (Å²) in [7, 11) is 0. The van der Waals surface area contributed by atoms with Crippen LogP contribution in [0, 0.1) is 21.7 Å². The second-order valence-corrected chi connectivity index (χ2v) is 4.40. The first-order valence-electron chi connectivity index (χ1n) is 5.63. The van der Waals surface area contributed by atoms with Crippen LogP contribution in [-0.4, -0.2) is 10.0 Å². The van der Waals surface area contributed by atoms with Crippen LogP contribution in [0.4, 0.5) is 14.5 Å². The van der Waals surface area contributed by atoms with E-state index in [0.29, 0.717) is 0 Å². The fourth-order valence-electron chi connectivity index (χ4n) is 1.65. The fraction of sp³-hybridized carbons (Fsp3) is 0.0769. The van der Waals surface area contributed by atoms with E-state index in [1.54, 1.807) is 0 Å². The number of aliphatic hydroxyl groups is 1. The van der Waals surface area contributed by atoms with Crippen molar-refractivity contribution in [3.8, 4) is 11.5 Å². The van der Waals surface area contributed by atoms with Gasteiger partial charge in [0, 0.05) is 6.07 Å². The summed E-state index contributed by atoms with van der Waals surface area (Å²) in [6, 6.07) is 5.43. The largest absolute Gasteiger partial charge is 0.442 e. The third-order valence-corrected chi connectivity index (χ3v) is 2.89. The van der Waals surface area contributed by atoms with E-state index < -0.39 is 40.4 Å². The van der Waals surface area contributed by atoms with Gasteiger partial charge in [0.1, 0.15) is 0 Å². The topological polar surface area (TPSA) is 72.6 Å². The third-order valence-electron chi connectivity index (χ3n) is 2.59. The smallest absolute Gasteiger partial charge is 0.313 e. The van der Waals surface area contributed by atoms with Crippen LogP contribution in [0.2, 0.25) is 5.02 Å². The predicted octanol–water partition coefficient (Wildman–Crippen LogP) is 3.81. The molecule has 0 saturated heterocycles. The Labute approximate surface area is 122 Å². The van der Waals surface area contributed by atoms with Gasteiger partial charge in [-0.05, 0) is 23.8 Å². The van der Waals surface area contributed by atoms with E-state index in [-0.39, 0.29) is 10.6 Å². The minimum atomic E-state index is -1.10. The zero-order chi connectivity index (χ0) is 15.6. The van der Waals surface area contributed by atoms with Crippen LogP contribution in [0.3, 0.4) is 0 Å². The molecule has 2 aromatic rings. The SMILES string of the molecule is O=[N+]([O-])c1cccc(Cl)c1Oc1c(F)cc(CO)cc1F. The molecule has 0 fully saturated rings. The summed E-state index contributed by atoms with van der Waals surface area (Å²) >= 11 is 5.77. The molecule has 0 aromatic heterocycles. The minimum Gasteiger partial charge on any atom is -0.442 e. The molecule has 8 heteroatoms. The van der Waals surface area contributed by atoms with Crippen molar-refractivity contribution in [2.45, 2.75) is 6.61 Å². The average Bonchev–Trinajstić information content (AvgIpc) is 2.43. The van der Waals surface area contributed by atoms with Crippen LogP contribution in [0.5, 0.6) is 11.5 Å². The maximum Gasteiger partial charge on any atom is 0.313 e. The van der Waals surface area contributed by atoms with Crippen molar-refractivity contribution in [2.24, 2.45) is 0 Å². The van der Waals surface area contributed by atoms with E-state index in [1.807, 2.05) is 0 Å². The van der Waals surface area contributed by atoms with Gasteiger partial charge in [-0.2, -0.15) is 0 Å². The lowest BCUT2D eigenvalue weighted by Crippen LogP contribution is -1.99. The number of hydrogen-bond acceptors (Lipinski definition) is 4. The lowest BCUT2D eigenvalue weighted by atomic mass is 10.2. The number of benzene rings is 2. The Morgan fingerprint density at radius 2 is 1.86 bits per heavy atom. The summed E-state index contributed by atoms with van der Waals surface area (Å²) < 4.78 is 32.5. The highest BCUT2D eigenvalue weighted by atomic mass is 35.5. The van der Waals surface area contributed by atoms with Crippen LogP contribution in [0.15, 0.2) is 30.3 Å². The lowest BCUT2D eigenvalue weighted by Gasteiger charge is -2.10. The summed E-state index contributed by atoms with van der Waals surface area (Å²) in [6.07, 6.45) is 0. The monoisotopic (exact) mass is 315 g/mol. The van der Waals surface area contributed by atoms with Gasteiger partial charge in [-0.25, -0.2) is 8.78 Å². The van der Waals surface area contributed by atoms with E-state index >= 15 is 0 Å². The highest BCUT2D eigenvalue weighted by molar-refractivity contribution is 6.32. The van der Waals surface area contributed by atoms with Gasteiger partial charge in [0.2, 0.25) is 5.75 Å². The molecular formula is C13H8ClF2NO4.